The van der Waals surface area contributed by atoms with E-state index in [1.807, 2.05) is 13.8 Å². The molecule has 1 saturated carbocycles. The van der Waals surface area contributed by atoms with Crippen molar-refractivity contribution in [2.75, 3.05) is 0 Å². The summed E-state index contributed by atoms with van der Waals surface area (Å²) in [5, 5.41) is 9.45. The highest BCUT2D eigenvalue weighted by atomic mass is 19.3. The molecule has 0 spiro atoms. The summed E-state index contributed by atoms with van der Waals surface area (Å²) in [6, 6.07) is 12.8. The molecule has 1 N–H and O–H groups in total. The van der Waals surface area contributed by atoms with E-state index >= 15 is 0 Å². The number of halogens is 3. The van der Waals surface area contributed by atoms with E-state index < -0.39 is 11.3 Å². The molecule has 0 saturated heterocycles. The van der Waals surface area contributed by atoms with Gasteiger partial charge in [0.15, 0.2) is 0 Å². The molecule has 1 nitrogen and oxygen atoms in total. The zero-order chi connectivity index (χ0) is 17.8. The molecule has 24 heavy (non-hydrogen) atoms. The molecule has 0 amide bonds. The van der Waals surface area contributed by atoms with Crippen LogP contribution < -0.4 is 0 Å². The number of benzene rings is 2. The van der Waals surface area contributed by atoms with Gasteiger partial charge in [-0.2, -0.15) is 0 Å². The van der Waals surface area contributed by atoms with Gasteiger partial charge in [-0.1, -0.05) is 44.2 Å². The van der Waals surface area contributed by atoms with Crippen LogP contribution in [-0.4, -0.2) is 11.0 Å². The number of aromatic hydroxyl groups is 1. The molecule has 0 bridgehead atoms. The lowest BCUT2D eigenvalue weighted by atomic mass is 9.64. The lowest BCUT2D eigenvalue weighted by Crippen LogP contribution is -2.38. The molecule has 0 heterocycles. The summed E-state index contributed by atoms with van der Waals surface area (Å²) in [5.41, 5.74) is 0.461. The average molecular weight is 336 g/mol. The predicted molar refractivity (Wildman–Crippen MR) is 90.0 cm³/mol. The van der Waals surface area contributed by atoms with E-state index in [1.54, 1.807) is 30.3 Å². The van der Waals surface area contributed by atoms with Gasteiger partial charge in [0.1, 0.15) is 11.6 Å². The highest BCUT2D eigenvalue weighted by Gasteiger charge is 2.46. The van der Waals surface area contributed by atoms with E-state index in [0.717, 1.165) is 5.56 Å². The van der Waals surface area contributed by atoms with Gasteiger partial charge in [-0.15, -0.1) is 0 Å². The molecule has 0 radical (unpaired) electrons. The summed E-state index contributed by atoms with van der Waals surface area (Å²) < 4.78 is 41.6. The molecule has 2 aromatic rings. The van der Waals surface area contributed by atoms with Crippen LogP contribution in [0.3, 0.4) is 0 Å². The van der Waals surface area contributed by atoms with Gasteiger partial charge in [0.2, 0.25) is 5.92 Å². The molecule has 0 aliphatic heterocycles. The molecule has 1 aliphatic carbocycles. The van der Waals surface area contributed by atoms with Gasteiger partial charge in [0.05, 0.1) is 0 Å². The second-order valence-corrected chi connectivity index (χ2v) is 5.96. The van der Waals surface area contributed by atoms with E-state index in [-0.39, 0.29) is 37.3 Å². The minimum Gasteiger partial charge on any atom is -0.508 e. The summed E-state index contributed by atoms with van der Waals surface area (Å²) in [7, 11) is 0. The number of alkyl halides is 2. The minimum absolute atomic E-state index is 0.105. The van der Waals surface area contributed by atoms with E-state index in [1.165, 1.54) is 18.2 Å². The average Bonchev–Trinajstić information content (AvgIpc) is 2.59. The van der Waals surface area contributed by atoms with Gasteiger partial charge >= 0.3 is 0 Å². The standard InChI is InChI=1S/C18H17F3O.C2H6/c19-16-4-2-1-3-15(16)17(9-11-18(20,21)12-10-17)13-5-7-14(22)8-6-13;1-2/h1-8,22H,9-12H2;1-2H3. The lowest BCUT2D eigenvalue weighted by molar-refractivity contribution is -0.0474. The van der Waals surface area contributed by atoms with Crippen LogP contribution in [0.1, 0.15) is 50.7 Å². The Morgan fingerprint density at radius 1 is 0.833 bits per heavy atom. The predicted octanol–water partition coefficient (Wildman–Crippen LogP) is 6.05. The van der Waals surface area contributed by atoms with E-state index in [2.05, 4.69) is 0 Å². The maximum Gasteiger partial charge on any atom is 0.248 e. The fourth-order valence-corrected chi connectivity index (χ4v) is 3.39. The van der Waals surface area contributed by atoms with Gasteiger partial charge in [0, 0.05) is 18.3 Å². The van der Waals surface area contributed by atoms with Crippen molar-refractivity contribution in [1.29, 1.82) is 0 Å². The number of hydrogen-bond donors (Lipinski definition) is 1. The van der Waals surface area contributed by atoms with Crippen LogP contribution in [0.2, 0.25) is 0 Å². The summed E-state index contributed by atoms with van der Waals surface area (Å²) in [5.74, 6) is -2.96. The first kappa shape index (κ1) is 18.4. The first-order valence-electron chi connectivity index (χ1n) is 8.35. The Morgan fingerprint density at radius 3 is 1.92 bits per heavy atom. The quantitative estimate of drug-likeness (QED) is 0.707. The molecule has 0 atom stereocenters. The first-order valence-corrected chi connectivity index (χ1v) is 8.35. The van der Waals surface area contributed by atoms with E-state index in [0.29, 0.717) is 5.56 Å². The van der Waals surface area contributed by atoms with Gasteiger partial charge in [0.25, 0.3) is 0 Å². The van der Waals surface area contributed by atoms with E-state index in [4.69, 9.17) is 0 Å². The van der Waals surface area contributed by atoms with Crippen molar-refractivity contribution in [1.82, 2.24) is 0 Å². The SMILES string of the molecule is CC.Oc1ccc(C2(c3ccccc3F)CCC(F)(F)CC2)cc1. The molecule has 130 valence electrons. The van der Waals surface area contributed by atoms with Crippen LogP contribution in [0.5, 0.6) is 5.75 Å². The van der Waals surface area contributed by atoms with Crippen molar-refractivity contribution >= 4 is 0 Å². The Hall–Kier alpha value is -1.97. The zero-order valence-corrected chi connectivity index (χ0v) is 14.0. The maximum atomic E-state index is 14.3. The first-order chi connectivity index (χ1) is 11.4. The third-order valence-electron chi connectivity index (χ3n) is 4.64. The number of rotatable bonds is 2. The normalized spacial score (nSPS) is 18.4. The smallest absolute Gasteiger partial charge is 0.248 e. The van der Waals surface area contributed by atoms with Gasteiger partial charge in [-0.3, -0.25) is 0 Å². The van der Waals surface area contributed by atoms with Gasteiger partial charge in [-0.25, -0.2) is 13.2 Å². The number of phenols is 1. The largest absolute Gasteiger partial charge is 0.508 e. The van der Waals surface area contributed by atoms with Crippen LogP contribution in [0.15, 0.2) is 48.5 Å². The van der Waals surface area contributed by atoms with Crippen LogP contribution in [0.25, 0.3) is 0 Å². The fourth-order valence-electron chi connectivity index (χ4n) is 3.39. The number of phenolic OH excluding ortho intramolecular Hbond substituents is 1. The Bertz CT molecular complexity index is 655. The summed E-state index contributed by atoms with van der Waals surface area (Å²) in [6.07, 6.45) is -0.151. The van der Waals surface area contributed by atoms with Crippen molar-refractivity contribution in [3.63, 3.8) is 0 Å². The summed E-state index contributed by atoms with van der Waals surface area (Å²) in [4.78, 5) is 0. The summed E-state index contributed by atoms with van der Waals surface area (Å²) >= 11 is 0. The molecule has 2 aromatic carbocycles. The molecule has 0 aromatic heterocycles. The lowest BCUT2D eigenvalue weighted by Gasteiger charge is -2.41. The monoisotopic (exact) mass is 336 g/mol. The topological polar surface area (TPSA) is 20.2 Å². The van der Waals surface area contributed by atoms with Crippen molar-refractivity contribution < 1.29 is 18.3 Å². The van der Waals surface area contributed by atoms with Crippen LogP contribution in [0.4, 0.5) is 13.2 Å². The minimum atomic E-state index is -2.69. The highest BCUT2D eigenvalue weighted by molar-refractivity contribution is 5.42. The Morgan fingerprint density at radius 2 is 1.38 bits per heavy atom. The Kier molecular flexibility index (Phi) is 5.58. The second kappa shape index (κ2) is 7.29. The van der Waals surface area contributed by atoms with Gasteiger partial charge < -0.3 is 5.11 Å². The zero-order valence-electron chi connectivity index (χ0n) is 14.0. The molecular formula is C20H23F3O. The van der Waals surface area contributed by atoms with Crippen LogP contribution >= 0.6 is 0 Å². The summed E-state index contributed by atoms with van der Waals surface area (Å²) in [6.45, 7) is 4.00. The van der Waals surface area contributed by atoms with Crippen LogP contribution in [0, 0.1) is 5.82 Å². The third-order valence-corrected chi connectivity index (χ3v) is 4.64. The van der Waals surface area contributed by atoms with Crippen molar-refractivity contribution in [3.05, 3.63) is 65.5 Å². The molecule has 3 rings (SSSR count). The second-order valence-electron chi connectivity index (χ2n) is 5.96. The molecule has 1 fully saturated rings. The highest BCUT2D eigenvalue weighted by Crippen LogP contribution is 2.50. The van der Waals surface area contributed by atoms with Gasteiger partial charge in [-0.05, 0) is 42.2 Å². The fraction of sp³-hybridized carbons (Fsp3) is 0.400. The van der Waals surface area contributed by atoms with E-state index in [9.17, 15) is 18.3 Å². The Balaban J connectivity index is 0.00000100. The molecule has 4 heteroatoms. The molecule has 0 unspecified atom stereocenters. The van der Waals surface area contributed by atoms with Crippen LogP contribution in [-0.2, 0) is 5.41 Å². The van der Waals surface area contributed by atoms with Crippen molar-refractivity contribution in [3.8, 4) is 5.75 Å². The molecule has 1 aliphatic rings. The Labute approximate surface area is 141 Å². The third kappa shape index (κ3) is 3.58. The van der Waals surface area contributed by atoms with Crippen molar-refractivity contribution in [2.45, 2.75) is 50.9 Å². The number of hydrogen-bond acceptors (Lipinski definition) is 1. The molecular weight excluding hydrogens is 313 g/mol. The maximum absolute atomic E-state index is 14.3. The van der Waals surface area contributed by atoms with Crippen molar-refractivity contribution in [2.24, 2.45) is 0 Å².